The zero-order valence-corrected chi connectivity index (χ0v) is 15.7. The minimum Gasteiger partial charge on any atom is -0.459 e. The maximum atomic E-state index is 12.6. The molecule has 0 fully saturated rings. The van der Waals surface area contributed by atoms with Crippen LogP contribution in [-0.4, -0.2) is 42.5 Å². The number of hydrogen-bond donors (Lipinski definition) is 0. The molecule has 0 aliphatic carbocycles. The molecule has 1 aromatic carbocycles. The highest BCUT2D eigenvalue weighted by Gasteiger charge is 2.24. The number of nitrogens with zero attached hydrogens (tertiary/aromatic N) is 3. The van der Waals surface area contributed by atoms with Crippen molar-refractivity contribution in [3.8, 4) is 0 Å². The van der Waals surface area contributed by atoms with Crippen LogP contribution in [0.3, 0.4) is 0 Å². The van der Waals surface area contributed by atoms with Gasteiger partial charge in [-0.15, -0.1) is 0 Å². The Labute approximate surface area is 154 Å². The monoisotopic (exact) mass is 355 g/mol. The molecular formula is C20H25N3O3. The van der Waals surface area contributed by atoms with Crippen molar-refractivity contribution in [1.82, 2.24) is 9.88 Å². The lowest BCUT2D eigenvalue weighted by atomic mass is 10.1. The van der Waals surface area contributed by atoms with Crippen LogP contribution >= 0.6 is 0 Å². The molecule has 0 aliphatic rings. The van der Waals surface area contributed by atoms with Crippen molar-refractivity contribution < 1.29 is 14.3 Å². The average molecular weight is 355 g/mol. The van der Waals surface area contributed by atoms with Gasteiger partial charge in [0, 0.05) is 32.5 Å². The largest absolute Gasteiger partial charge is 0.459 e. The Morgan fingerprint density at radius 3 is 2.46 bits per heavy atom. The fourth-order valence-corrected chi connectivity index (χ4v) is 2.74. The maximum absolute atomic E-state index is 12.6. The van der Waals surface area contributed by atoms with Crippen LogP contribution in [0.25, 0.3) is 0 Å². The molecule has 6 heteroatoms. The van der Waals surface area contributed by atoms with E-state index in [1.54, 1.807) is 13.1 Å². The zero-order chi connectivity index (χ0) is 19.1. The van der Waals surface area contributed by atoms with Crippen molar-refractivity contribution in [1.29, 1.82) is 0 Å². The van der Waals surface area contributed by atoms with Crippen LogP contribution in [-0.2, 0) is 27.4 Å². The van der Waals surface area contributed by atoms with Crippen molar-refractivity contribution in [2.24, 2.45) is 0 Å². The molecule has 0 radical (unpaired) electrons. The van der Waals surface area contributed by atoms with Crippen LogP contribution in [0.15, 0.2) is 42.6 Å². The van der Waals surface area contributed by atoms with Gasteiger partial charge in [-0.25, -0.2) is 4.79 Å². The standard InChI is InChI=1S/C20H25N3O3/c1-5-26-20(25)19(24)23(14-17-10-6-7-12-21-17)13-16-9-8-11-18(15(16)2)22(3)4/h6-12H,5,13-14H2,1-4H3. The van der Waals surface area contributed by atoms with Crippen LogP contribution in [0.5, 0.6) is 0 Å². The summed E-state index contributed by atoms with van der Waals surface area (Å²) in [4.78, 5) is 32.3. The van der Waals surface area contributed by atoms with Gasteiger partial charge in [0.2, 0.25) is 0 Å². The molecule has 0 aliphatic heterocycles. The number of anilines is 1. The zero-order valence-electron chi connectivity index (χ0n) is 15.7. The quantitative estimate of drug-likeness (QED) is 0.589. The molecule has 26 heavy (non-hydrogen) atoms. The molecule has 2 rings (SSSR count). The molecule has 6 nitrogen and oxygen atoms in total. The molecule has 1 amide bonds. The van der Waals surface area contributed by atoms with E-state index in [9.17, 15) is 9.59 Å². The predicted octanol–water partition coefficient (Wildman–Crippen LogP) is 2.55. The van der Waals surface area contributed by atoms with E-state index in [4.69, 9.17) is 4.74 Å². The van der Waals surface area contributed by atoms with Gasteiger partial charge in [0.05, 0.1) is 18.8 Å². The Kier molecular flexibility index (Phi) is 6.72. The minimum atomic E-state index is -0.843. The lowest BCUT2D eigenvalue weighted by molar-refractivity contribution is -0.160. The molecule has 1 aromatic heterocycles. The van der Waals surface area contributed by atoms with Crippen molar-refractivity contribution in [3.05, 3.63) is 59.4 Å². The lowest BCUT2D eigenvalue weighted by Crippen LogP contribution is -2.37. The van der Waals surface area contributed by atoms with E-state index in [1.165, 1.54) is 4.90 Å². The predicted molar refractivity (Wildman–Crippen MR) is 101 cm³/mol. The molecular weight excluding hydrogens is 330 g/mol. The van der Waals surface area contributed by atoms with Crippen LogP contribution in [0.4, 0.5) is 5.69 Å². The first-order chi connectivity index (χ1) is 12.4. The molecule has 0 spiro atoms. The van der Waals surface area contributed by atoms with Crippen molar-refractivity contribution in [2.45, 2.75) is 26.9 Å². The SMILES string of the molecule is CCOC(=O)C(=O)N(Cc1ccccn1)Cc1cccc(N(C)C)c1C. The molecule has 0 N–H and O–H groups in total. The molecule has 138 valence electrons. The van der Waals surface area contributed by atoms with Gasteiger partial charge < -0.3 is 14.5 Å². The summed E-state index contributed by atoms with van der Waals surface area (Å²) in [5.41, 5.74) is 3.83. The fourth-order valence-electron chi connectivity index (χ4n) is 2.74. The third kappa shape index (κ3) is 4.81. The average Bonchev–Trinajstić information content (AvgIpc) is 2.63. The highest BCUT2D eigenvalue weighted by atomic mass is 16.5. The summed E-state index contributed by atoms with van der Waals surface area (Å²) in [7, 11) is 3.95. The first kappa shape index (κ1) is 19.4. The minimum absolute atomic E-state index is 0.164. The third-order valence-corrected chi connectivity index (χ3v) is 4.08. The summed E-state index contributed by atoms with van der Waals surface area (Å²) in [6.07, 6.45) is 1.67. The second-order valence-corrected chi connectivity index (χ2v) is 6.16. The van der Waals surface area contributed by atoms with Crippen LogP contribution in [0, 0.1) is 6.92 Å². The molecule has 0 saturated carbocycles. The van der Waals surface area contributed by atoms with E-state index in [0.717, 1.165) is 16.8 Å². The van der Waals surface area contributed by atoms with Gasteiger partial charge in [-0.2, -0.15) is 0 Å². The highest BCUT2D eigenvalue weighted by molar-refractivity contribution is 6.32. The van der Waals surface area contributed by atoms with E-state index in [0.29, 0.717) is 12.2 Å². The number of esters is 1. The van der Waals surface area contributed by atoms with E-state index in [-0.39, 0.29) is 13.2 Å². The Morgan fingerprint density at radius 2 is 1.85 bits per heavy atom. The normalized spacial score (nSPS) is 10.3. The molecule has 2 aromatic rings. The van der Waals surface area contributed by atoms with Gasteiger partial charge in [-0.1, -0.05) is 18.2 Å². The van der Waals surface area contributed by atoms with Crippen molar-refractivity contribution >= 4 is 17.6 Å². The number of rotatable bonds is 6. The summed E-state index contributed by atoms with van der Waals surface area (Å²) in [5.74, 6) is -1.50. The molecule has 1 heterocycles. The summed E-state index contributed by atoms with van der Waals surface area (Å²) < 4.78 is 4.89. The number of benzene rings is 1. The van der Waals surface area contributed by atoms with E-state index >= 15 is 0 Å². The number of aromatic nitrogens is 1. The van der Waals surface area contributed by atoms with Gasteiger partial charge in [0.25, 0.3) is 0 Å². The summed E-state index contributed by atoms with van der Waals surface area (Å²) in [6.45, 7) is 4.40. The molecule has 0 atom stereocenters. The Morgan fingerprint density at radius 1 is 1.08 bits per heavy atom. The summed E-state index contributed by atoms with van der Waals surface area (Å²) in [5, 5.41) is 0. The summed E-state index contributed by atoms with van der Waals surface area (Å²) in [6, 6.07) is 11.4. The Bertz CT molecular complexity index is 760. The number of pyridine rings is 1. The lowest BCUT2D eigenvalue weighted by Gasteiger charge is -2.24. The van der Waals surface area contributed by atoms with Gasteiger partial charge in [0.15, 0.2) is 0 Å². The maximum Gasteiger partial charge on any atom is 0.397 e. The summed E-state index contributed by atoms with van der Waals surface area (Å²) >= 11 is 0. The van der Waals surface area contributed by atoms with Crippen molar-refractivity contribution in [2.75, 3.05) is 25.6 Å². The second kappa shape index (κ2) is 8.99. The topological polar surface area (TPSA) is 62.7 Å². The van der Waals surface area contributed by atoms with E-state index < -0.39 is 11.9 Å². The Balaban J connectivity index is 2.30. The van der Waals surface area contributed by atoms with Crippen LogP contribution < -0.4 is 4.90 Å². The van der Waals surface area contributed by atoms with Gasteiger partial charge in [-0.3, -0.25) is 9.78 Å². The van der Waals surface area contributed by atoms with E-state index in [1.807, 2.05) is 62.3 Å². The highest BCUT2D eigenvalue weighted by Crippen LogP contribution is 2.23. The molecule has 0 unspecified atom stereocenters. The Hall–Kier alpha value is -2.89. The molecule has 0 bridgehead atoms. The smallest absolute Gasteiger partial charge is 0.397 e. The molecule has 0 saturated heterocycles. The number of amides is 1. The number of hydrogen-bond acceptors (Lipinski definition) is 5. The number of ether oxygens (including phenoxy) is 1. The van der Waals surface area contributed by atoms with E-state index in [2.05, 4.69) is 4.98 Å². The third-order valence-electron chi connectivity index (χ3n) is 4.08. The van der Waals surface area contributed by atoms with Gasteiger partial charge in [0.1, 0.15) is 0 Å². The number of carbonyl (C=O) groups is 2. The van der Waals surface area contributed by atoms with Crippen LogP contribution in [0.1, 0.15) is 23.7 Å². The number of carbonyl (C=O) groups excluding carboxylic acids is 2. The van der Waals surface area contributed by atoms with Crippen molar-refractivity contribution in [3.63, 3.8) is 0 Å². The van der Waals surface area contributed by atoms with Gasteiger partial charge in [-0.05, 0) is 43.2 Å². The fraction of sp³-hybridized carbons (Fsp3) is 0.350. The second-order valence-electron chi connectivity index (χ2n) is 6.16. The van der Waals surface area contributed by atoms with Gasteiger partial charge >= 0.3 is 11.9 Å². The first-order valence-corrected chi connectivity index (χ1v) is 8.55. The first-order valence-electron chi connectivity index (χ1n) is 8.55. The van der Waals surface area contributed by atoms with Crippen LogP contribution in [0.2, 0.25) is 0 Å².